The first-order valence-electron chi connectivity index (χ1n) is 4.98. The third kappa shape index (κ3) is 4.52. The standard InChI is InChI=1S/C11H12N2O5/c1-18-11(17)13-8-4-2-7(3-5-8)12-9(14)6-10(15)16/h2-5H,6H2,1H3,(H,12,14)(H,13,17)(H,15,16). The van der Waals surface area contributed by atoms with Crippen LogP contribution in [0.3, 0.4) is 0 Å². The van der Waals surface area contributed by atoms with E-state index in [1.54, 1.807) is 12.1 Å². The molecular formula is C11H12N2O5. The Labute approximate surface area is 103 Å². The molecule has 2 amide bonds. The molecular weight excluding hydrogens is 240 g/mol. The lowest BCUT2D eigenvalue weighted by Crippen LogP contribution is -2.16. The maximum atomic E-state index is 11.2. The van der Waals surface area contributed by atoms with Gasteiger partial charge in [-0.25, -0.2) is 4.79 Å². The van der Waals surface area contributed by atoms with Crippen molar-refractivity contribution in [3.8, 4) is 0 Å². The minimum Gasteiger partial charge on any atom is -0.481 e. The van der Waals surface area contributed by atoms with E-state index >= 15 is 0 Å². The Bertz CT molecular complexity index is 455. The number of methoxy groups -OCH3 is 1. The molecule has 0 fully saturated rings. The van der Waals surface area contributed by atoms with E-state index < -0.39 is 24.4 Å². The zero-order valence-corrected chi connectivity index (χ0v) is 9.60. The summed E-state index contributed by atoms with van der Waals surface area (Å²) in [7, 11) is 1.25. The van der Waals surface area contributed by atoms with Gasteiger partial charge in [-0.05, 0) is 24.3 Å². The van der Waals surface area contributed by atoms with Crippen molar-refractivity contribution in [1.29, 1.82) is 0 Å². The Morgan fingerprint density at radius 2 is 1.61 bits per heavy atom. The number of hydrogen-bond acceptors (Lipinski definition) is 4. The minimum atomic E-state index is -1.20. The number of amides is 2. The fourth-order valence-electron chi connectivity index (χ4n) is 1.15. The highest BCUT2D eigenvalue weighted by Gasteiger charge is 2.07. The van der Waals surface area contributed by atoms with Crippen LogP contribution in [-0.2, 0) is 14.3 Å². The van der Waals surface area contributed by atoms with Gasteiger partial charge >= 0.3 is 12.1 Å². The van der Waals surface area contributed by atoms with E-state index in [0.29, 0.717) is 11.4 Å². The second-order valence-corrected chi connectivity index (χ2v) is 3.31. The number of carbonyl (C=O) groups is 3. The molecule has 0 unspecified atom stereocenters. The molecule has 0 spiro atoms. The van der Waals surface area contributed by atoms with Crippen LogP contribution in [0.15, 0.2) is 24.3 Å². The molecule has 0 radical (unpaired) electrons. The molecule has 0 heterocycles. The Balaban J connectivity index is 2.57. The number of ether oxygens (including phenoxy) is 1. The zero-order chi connectivity index (χ0) is 13.5. The summed E-state index contributed by atoms with van der Waals surface area (Å²) in [5.41, 5.74) is 0.940. The number of hydrogen-bond donors (Lipinski definition) is 3. The van der Waals surface area contributed by atoms with E-state index in [1.807, 2.05) is 0 Å². The number of carboxylic acids is 1. The topological polar surface area (TPSA) is 105 Å². The van der Waals surface area contributed by atoms with Gasteiger partial charge in [-0.3, -0.25) is 14.9 Å². The Kier molecular flexibility index (Phi) is 4.67. The second kappa shape index (κ2) is 6.24. The number of aliphatic carboxylic acids is 1. The van der Waals surface area contributed by atoms with Crippen molar-refractivity contribution in [1.82, 2.24) is 0 Å². The smallest absolute Gasteiger partial charge is 0.411 e. The molecule has 7 nitrogen and oxygen atoms in total. The first kappa shape index (κ1) is 13.5. The van der Waals surface area contributed by atoms with Crippen LogP contribution in [0.1, 0.15) is 6.42 Å². The van der Waals surface area contributed by atoms with Crippen LogP contribution < -0.4 is 10.6 Å². The molecule has 96 valence electrons. The minimum absolute atomic E-state index is 0.441. The van der Waals surface area contributed by atoms with Crippen LogP contribution in [0.25, 0.3) is 0 Å². The highest BCUT2D eigenvalue weighted by molar-refractivity contribution is 6.01. The number of rotatable bonds is 4. The molecule has 18 heavy (non-hydrogen) atoms. The van der Waals surface area contributed by atoms with Gasteiger partial charge in [0.1, 0.15) is 6.42 Å². The molecule has 7 heteroatoms. The van der Waals surface area contributed by atoms with Crippen molar-refractivity contribution in [2.75, 3.05) is 17.7 Å². The van der Waals surface area contributed by atoms with Gasteiger partial charge in [-0.2, -0.15) is 0 Å². The van der Waals surface area contributed by atoms with Gasteiger partial charge in [0, 0.05) is 11.4 Å². The largest absolute Gasteiger partial charge is 0.481 e. The van der Waals surface area contributed by atoms with Crippen LogP contribution in [0.2, 0.25) is 0 Å². The van der Waals surface area contributed by atoms with E-state index in [2.05, 4.69) is 15.4 Å². The van der Waals surface area contributed by atoms with E-state index in [4.69, 9.17) is 5.11 Å². The average molecular weight is 252 g/mol. The fraction of sp³-hybridized carbons (Fsp3) is 0.182. The van der Waals surface area contributed by atoms with Crippen LogP contribution in [0, 0.1) is 0 Å². The molecule has 0 saturated carbocycles. The number of benzene rings is 1. The Hall–Kier alpha value is -2.57. The average Bonchev–Trinajstić information content (AvgIpc) is 2.30. The van der Waals surface area contributed by atoms with Gasteiger partial charge in [-0.15, -0.1) is 0 Å². The summed E-state index contributed by atoms with van der Waals surface area (Å²) >= 11 is 0. The van der Waals surface area contributed by atoms with Crippen molar-refractivity contribution in [2.45, 2.75) is 6.42 Å². The second-order valence-electron chi connectivity index (χ2n) is 3.31. The summed E-state index contributed by atoms with van der Waals surface area (Å²) in [6, 6.07) is 6.16. The zero-order valence-electron chi connectivity index (χ0n) is 9.60. The van der Waals surface area contributed by atoms with Gasteiger partial charge in [0.25, 0.3) is 0 Å². The van der Waals surface area contributed by atoms with Crippen LogP contribution in [0.5, 0.6) is 0 Å². The highest BCUT2D eigenvalue weighted by atomic mass is 16.5. The van der Waals surface area contributed by atoms with Gasteiger partial charge in [0.05, 0.1) is 7.11 Å². The van der Waals surface area contributed by atoms with Gasteiger partial charge in [-0.1, -0.05) is 0 Å². The molecule has 3 N–H and O–H groups in total. The monoisotopic (exact) mass is 252 g/mol. The molecule has 1 aromatic carbocycles. The van der Waals surface area contributed by atoms with E-state index in [9.17, 15) is 14.4 Å². The molecule has 1 rings (SSSR count). The SMILES string of the molecule is COC(=O)Nc1ccc(NC(=O)CC(=O)O)cc1. The predicted octanol–water partition coefficient (Wildman–Crippen LogP) is 1.28. The lowest BCUT2D eigenvalue weighted by atomic mass is 10.2. The predicted molar refractivity (Wildman–Crippen MR) is 63.4 cm³/mol. The lowest BCUT2D eigenvalue weighted by molar-refractivity contribution is -0.139. The molecule has 0 atom stereocenters. The normalized spacial score (nSPS) is 9.39. The van der Waals surface area contributed by atoms with Gasteiger partial charge in [0.2, 0.25) is 5.91 Å². The third-order valence-electron chi connectivity index (χ3n) is 1.91. The summed E-state index contributed by atoms with van der Waals surface area (Å²) < 4.78 is 4.41. The summed E-state index contributed by atoms with van der Waals surface area (Å²) in [4.78, 5) is 32.3. The molecule has 0 aromatic heterocycles. The van der Waals surface area contributed by atoms with Crippen LogP contribution in [0.4, 0.5) is 16.2 Å². The van der Waals surface area contributed by atoms with Gasteiger partial charge in [0.15, 0.2) is 0 Å². The molecule has 0 aliphatic heterocycles. The van der Waals surface area contributed by atoms with E-state index in [0.717, 1.165) is 0 Å². The molecule has 0 bridgehead atoms. The maximum absolute atomic E-state index is 11.2. The summed E-state index contributed by atoms with van der Waals surface area (Å²) in [6.07, 6.45) is -1.19. The lowest BCUT2D eigenvalue weighted by Gasteiger charge is -2.06. The van der Waals surface area contributed by atoms with Gasteiger partial charge < -0.3 is 15.2 Å². The summed E-state index contributed by atoms with van der Waals surface area (Å²) in [5.74, 6) is -1.81. The van der Waals surface area contributed by atoms with Crippen molar-refractivity contribution in [3.63, 3.8) is 0 Å². The first-order valence-corrected chi connectivity index (χ1v) is 4.98. The Morgan fingerprint density at radius 1 is 1.11 bits per heavy atom. The number of nitrogens with one attached hydrogen (secondary N) is 2. The fourth-order valence-corrected chi connectivity index (χ4v) is 1.15. The third-order valence-corrected chi connectivity index (χ3v) is 1.91. The van der Waals surface area contributed by atoms with Crippen LogP contribution in [-0.4, -0.2) is 30.2 Å². The highest BCUT2D eigenvalue weighted by Crippen LogP contribution is 2.13. The van der Waals surface area contributed by atoms with Crippen LogP contribution >= 0.6 is 0 Å². The quantitative estimate of drug-likeness (QED) is 0.700. The number of carboxylic acid groups (broad SMARTS) is 1. The molecule has 0 aliphatic carbocycles. The molecule has 1 aromatic rings. The summed E-state index contributed by atoms with van der Waals surface area (Å²) in [6.45, 7) is 0. The first-order chi connectivity index (χ1) is 8.51. The van der Waals surface area contributed by atoms with Crippen molar-refractivity contribution in [2.24, 2.45) is 0 Å². The summed E-state index contributed by atoms with van der Waals surface area (Å²) in [5, 5.41) is 13.3. The van der Waals surface area contributed by atoms with Crippen molar-refractivity contribution < 1.29 is 24.2 Å². The maximum Gasteiger partial charge on any atom is 0.411 e. The number of carbonyl (C=O) groups excluding carboxylic acids is 2. The van der Waals surface area contributed by atoms with E-state index in [1.165, 1.54) is 19.2 Å². The number of anilines is 2. The van der Waals surface area contributed by atoms with Crippen molar-refractivity contribution >= 4 is 29.3 Å². The van der Waals surface area contributed by atoms with E-state index in [-0.39, 0.29) is 0 Å². The Morgan fingerprint density at radius 3 is 2.06 bits per heavy atom. The molecule has 0 aliphatic rings. The molecule has 0 saturated heterocycles. The van der Waals surface area contributed by atoms with Crippen molar-refractivity contribution in [3.05, 3.63) is 24.3 Å².